The predicted molar refractivity (Wildman–Crippen MR) is 168 cm³/mol. The predicted octanol–water partition coefficient (Wildman–Crippen LogP) is 6.65. The van der Waals surface area contributed by atoms with Crippen LogP contribution in [0.5, 0.6) is 5.75 Å². The van der Waals surface area contributed by atoms with Crippen molar-refractivity contribution in [2.45, 2.75) is 39.0 Å². The summed E-state index contributed by atoms with van der Waals surface area (Å²) in [6.07, 6.45) is 5.47. The van der Waals surface area contributed by atoms with Crippen molar-refractivity contribution in [2.75, 3.05) is 30.0 Å². The highest BCUT2D eigenvalue weighted by Gasteiger charge is 2.25. The van der Waals surface area contributed by atoms with E-state index >= 15 is 0 Å². The molecule has 1 aliphatic rings. The maximum Gasteiger partial charge on any atom is 0.305 e. The second kappa shape index (κ2) is 13.9. The fraction of sp³-hybridized carbons (Fsp3) is 0.286. The van der Waals surface area contributed by atoms with E-state index in [0.717, 1.165) is 41.8 Å². The highest BCUT2D eigenvalue weighted by atomic mass is 16.5. The Morgan fingerprint density at radius 3 is 2.53 bits per heavy atom. The number of nitrogens with one attached hydrogen (secondary N) is 1. The third kappa shape index (κ3) is 6.97. The van der Waals surface area contributed by atoms with Gasteiger partial charge in [0.2, 0.25) is 0 Å². The minimum atomic E-state index is -0.295. The van der Waals surface area contributed by atoms with Crippen molar-refractivity contribution in [3.05, 3.63) is 102 Å². The topological polar surface area (TPSA) is 89.9 Å². The van der Waals surface area contributed by atoms with Gasteiger partial charge in [0.25, 0.3) is 11.8 Å². The van der Waals surface area contributed by atoms with E-state index in [1.165, 1.54) is 0 Å². The van der Waals surface area contributed by atoms with E-state index in [0.29, 0.717) is 42.1 Å². The van der Waals surface area contributed by atoms with Gasteiger partial charge in [-0.3, -0.25) is 14.4 Å². The van der Waals surface area contributed by atoms with Crippen LogP contribution in [-0.4, -0.2) is 42.1 Å². The number of rotatable bonds is 10. The summed E-state index contributed by atoms with van der Waals surface area (Å²) in [6, 6.07) is 24.3. The summed E-state index contributed by atoms with van der Waals surface area (Å²) in [5, 5.41) is 3.00. The third-order valence-electron chi connectivity index (χ3n) is 7.58. The van der Waals surface area contributed by atoms with Gasteiger partial charge in [-0.2, -0.15) is 0 Å². The zero-order valence-electron chi connectivity index (χ0n) is 24.7. The Morgan fingerprint density at radius 1 is 0.930 bits per heavy atom. The van der Waals surface area contributed by atoms with Crippen LogP contribution in [0.2, 0.25) is 0 Å². The Morgan fingerprint density at radius 2 is 1.72 bits per heavy atom. The Balaban J connectivity index is 1.42. The molecule has 2 heterocycles. The molecule has 8 heteroatoms. The molecule has 4 aromatic rings. The molecule has 0 unspecified atom stereocenters. The summed E-state index contributed by atoms with van der Waals surface area (Å²) in [5.41, 5.74) is 5.23. The molecular weight excluding hydrogens is 542 g/mol. The molecular formula is C35H37N3O5. The number of fused-ring (bicyclic) bond motifs is 1. The van der Waals surface area contributed by atoms with E-state index < -0.39 is 0 Å². The minimum Gasteiger partial charge on any atom is -0.491 e. The zero-order valence-corrected chi connectivity index (χ0v) is 24.7. The van der Waals surface area contributed by atoms with Crippen LogP contribution < -0.4 is 15.0 Å². The molecule has 8 nitrogen and oxygen atoms in total. The third-order valence-corrected chi connectivity index (χ3v) is 7.58. The number of esters is 1. The van der Waals surface area contributed by atoms with Crippen molar-refractivity contribution in [1.82, 2.24) is 4.57 Å². The van der Waals surface area contributed by atoms with Crippen LogP contribution >= 0.6 is 0 Å². The number of hydrogen-bond acceptors (Lipinski definition) is 5. The van der Waals surface area contributed by atoms with Crippen LogP contribution in [0.25, 0.3) is 11.1 Å². The quantitative estimate of drug-likeness (QED) is 0.168. The van der Waals surface area contributed by atoms with Crippen molar-refractivity contribution in [1.29, 1.82) is 0 Å². The minimum absolute atomic E-state index is 0.127. The summed E-state index contributed by atoms with van der Waals surface area (Å²) in [6.45, 7) is 2.93. The second-order valence-corrected chi connectivity index (χ2v) is 10.5. The number of nitrogens with zero attached hydrogens (tertiary/aromatic N) is 2. The maximum absolute atomic E-state index is 13.8. The molecule has 5 rings (SSSR count). The molecule has 0 bridgehead atoms. The largest absolute Gasteiger partial charge is 0.491 e. The highest BCUT2D eigenvalue weighted by molar-refractivity contribution is 6.10. The number of carbonyl (C=O) groups excluding carboxylic acids is 3. The maximum atomic E-state index is 13.8. The fourth-order valence-corrected chi connectivity index (χ4v) is 5.40. The number of carbonyl (C=O) groups is 3. The Kier molecular flexibility index (Phi) is 9.56. The monoisotopic (exact) mass is 579 g/mol. The molecule has 0 atom stereocenters. The Labute approximate surface area is 252 Å². The normalized spacial score (nSPS) is 12.7. The van der Waals surface area contributed by atoms with Crippen LogP contribution in [0.3, 0.4) is 0 Å². The van der Waals surface area contributed by atoms with E-state index in [1.54, 1.807) is 31.2 Å². The lowest BCUT2D eigenvalue weighted by Crippen LogP contribution is -2.31. The van der Waals surface area contributed by atoms with Gasteiger partial charge in [-0.25, -0.2) is 0 Å². The van der Waals surface area contributed by atoms with Gasteiger partial charge >= 0.3 is 5.97 Å². The van der Waals surface area contributed by atoms with Crippen LogP contribution in [0, 0.1) is 0 Å². The van der Waals surface area contributed by atoms with Gasteiger partial charge in [0.1, 0.15) is 5.75 Å². The van der Waals surface area contributed by atoms with Gasteiger partial charge in [-0.05, 0) is 74.1 Å². The molecule has 222 valence electrons. The van der Waals surface area contributed by atoms with Gasteiger partial charge in [-0.1, -0.05) is 48.5 Å². The molecule has 0 fully saturated rings. The molecule has 1 aromatic heterocycles. The molecule has 0 aliphatic carbocycles. The number of aryl methyl sites for hydroxylation is 1. The van der Waals surface area contributed by atoms with Crippen LogP contribution in [-0.2, 0) is 23.0 Å². The number of amides is 2. The number of anilines is 2. The number of benzene rings is 3. The van der Waals surface area contributed by atoms with Gasteiger partial charge in [0.15, 0.2) is 0 Å². The number of ether oxygens (including phenoxy) is 2. The molecule has 0 saturated carbocycles. The summed E-state index contributed by atoms with van der Waals surface area (Å²) in [4.78, 5) is 41.1. The summed E-state index contributed by atoms with van der Waals surface area (Å²) >= 11 is 0. The van der Waals surface area contributed by atoms with Crippen LogP contribution in [0.4, 0.5) is 11.4 Å². The average molecular weight is 580 g/mol. The average Bonchev–Trinajstić information content (AvgIpc) is 3.25. The van der Waals surface area contributed by atoms with Crippen LogP contribution in [0.15, 0.2) is 85.1 Å². The van der Waals surface area contributed by atoms with Gasteiger partial charge in [-0.15, -0.1) is 0 Å². The van der Waals surface area contributed by atoms with Crippen molar-refractivity contribution in [3.8, 4) is 16.9 Å². The number of aromatic nitrogens is 1. The lowest BCUT2D eigenvalue weighted by Gasteiger charge is -2.22. The van der Waals surface area contributed by atoms with E-state index in [9.17, 15) is 14.4 Å². The fourth-order valence-electron chi connectivity index (χ4n) is 5.40. The van der Waals surface area contributed by atoms with Gasteiger partial charge in [0.05, 0.1) is 24.6 Å². The molecule has 0 spiro atoms. The van der Waals surface area contributed by atoms with Crippen LogP contribution in [0.1, 0.15) is 59.0 Å². The van der Waals surface area contributed by atoms with Crippen molar-refractivity contribution in [2.24, 2.45) is 7.05 Å². The van der Waals surface area contributed by atoms with E-state index in [2.05, 4.69) is 9.88 Å². The standard InChI is InChI=1S/C35H37N3O5/c1-3-42-33(39)17-11-23-43-32-24-26(35(41)38-21-10-9-16-30-31(38)20-22-37(30)2)18-19-29(32)36-34(40)28-15-8-7-14-27(28)25-12-5-4-6-13-25/h4-8,12-15,18-20,22,24H,3,9-11,16-17,21,23H2,1-2H3,(H,36,40). The second-order valence-electron chi connectivity index (χ2n) is 10.5. The van der Waals surface area contributed by atoms with Crippen molar-refractivity contribution < 1.29 is 23.9 Å². The van der Waals surface area contributed by atoms with E-state index in [-0.39, 0.29) is 30.8 Å². The lowest BCUT2D eigenvalue weighted by atomic mass is 9.99. The molecule has 43 heavy (non-hydrogen) atoms. The SMILES string of the molecule is CCOC(=O)CCCOc1cc(C(=O)N2CCCCc3c2ccn3C)ccc1NC(=O)c1ccccc1-c1ccccc1. The molecule has 0 radical (unpaired) electrons. The first kappa shape index (κ1) is 29.6. The molecule has 1 aliphatic heterocycles. The summed E-state index contributed by atoms with van der Waals surface area (Å²) in [5.74, 6) is -0.348. The van der Waals surface area contributed by atoms with Gasteiger partial charge < -0.3 is 24.3 Å². The zero-order chi connectivity index (χ0) is 30.2. The lowest BCUT2D eigenvalue weighted by molar-refractivity contribution is -0.143. The first-order valence-corrected chi connectivity index (χ1v) is 14.8. The smallest absolute Gasteiger partial charge is 0.305 e. The van der Waals surface area contributed by atoms with E-state index in [4.69, 9.17) is 9.47 Å². The first-order valence-electron chi connectivity index (χ1n) is 14.8. The number of hydrogen-bond donors (Lipinski definition) is 1. The Bertz CT molecular complexity index is 1590. The molecule has 2 amide bonds. The first-order chi connectivity index (χ1) is 21.0. The van der Waals surface area contributed by atoms with Crippen molar-refractivity contribution >= 4 is 29.2 Å². The molecule has 0 saturated heterocycles. The molecule has 1 N–H and O–H groups in total. The van der Waals surface area contributed by atoms with Crippen molar-refractivity contribution in [3.63, 3.8) is 0 Å². The summed E-state index contributed by atoms with van der Waals surface area (Å²) in [7, 11) is 2.00. The Hall–Kier alpha value is -4.85. The highest BCUT2D eigenvalue weighted by Crippen LogP contribution is 2.32. The van der Waals surface area contributed by atoms with E-state index in [1.807, 2.05) is 72.7 Å². The molecule has 3 aromatic carbocycles. The summed E-state index contributed by atoms with van der Waals surface area (Å²) < 4.78 is 13.2. The van der Waals surface area contributed by atoms with Gasteiger partial charge in [0, 0.05) is 43.0 Å².